The fraction of sp³-hybridized carbons (Fsp3) is 0.750. The minimum Gasteiger partial charge on any atom is -0.481 e. The molecule has 19 heavy (non-hydrogen) atoms. The van der Waals surface area contributed by atoms with E-state index in [4.69, 9.17) is 5.11 Å². The van der Waals surface area contributed by atoms with E-state index in [1.165, 1.54) is 0 Å². The maximum Gasteiger partial charge on any atom is 0.321 e. The number of nitrogens with one attached hydrogen (secondary N) is 2. The summed E-state index contributed by atoms with van der Waals surface area (Å²) >= 11 is 0. The smallest absolute Gasteiger partial charge is 0.321 e. The summed E-state index contributed by atoms with van der Waals surface area (Å²) < 4.78 is 0. The summed E-state index contributed by atoms with van der Waals surface area (Å²) in [5, 5.41) is 13.4. The van der Waals surface area contributed by atoms with Crippen molar-refractivity contribution >= 4 is 17.9 Å². The van der Waals surface area contributed by atoms with Gasteiger partial charge in [0.05, 0.1) is 0 Å². The molecular formula is C12H23N3O4. The number of hydrogen-bond donors (Lipinski definition) is 3. The number of imide groups is 1. The fourth-order valence-corrected chi connectivity index (χ4v) is 1.72. The van der Waals surface area contributed by atoms with E-state index in [9.17, 15) is 14.4 Å². The Morgan fingerprint density at radius 3 is 2.21 bits per heavy atom. The van der Waals surface area contributed by atoms with Crippen LogP contribution in [0.15, 0.2) is 0 Å². The van der Waals surface area contributed by atoms with E-state index >= 15 is 0 Å². The Kier molecular flexibility index (Phi) is 7.74. The Balaban J connectivity index is 3.99. The standard InChI is InChI=1S/C12H23N3O4/c1-8(6-11(17)18)5-10(16)14-12(19)13-9(2)7-15(3)4/h8-9H,5-7H2,1-4H3,(H,17,18)(H2,13,14,16,19). The van der Waals surface area contributed by atoms with Gasteiger partial charge in [-0.3, -0.25) is 14.9 Å². The topological polar surface area (TPSA) is 98.7 Å². The Morgan fingerprint density at radius 2 is 1.74 bits per heavy atom. The van der Waals surface area contributed by atoms with Crippen LogP contribution in [0.25, 0.3) is 0 Å². The summed E-state index contributed by atoms with van der Waals surface area (Å²) in [4.78, 5) is 35.3. The molecule has 0 aromatic heterocycles. The average molecular weight is 273 g/mol. The molecule has 0 heterocycles. The molecule has 0 aliphatic rings. The van der Waals surface area contributed by atoms with Crippen LogP contribution in [0.1, 0.15) is 26.7 Å². The van der Waals surface area contributed by atoms with Crippen LogP contribution in [-0.4, -0.2) is 54.6 Å². The second kappa shape index (κ2) is 8.47. The largest absolute Gasteiger partial charge is 0.481 e. The molecule has 0 aliphatic carbocycles. The second-order valence-electron chi connectivity index (χ2n) is 5.09. The van der Waals surface area contributed by atoms with Crippen molar-refractivity contribution in [3.63, 3.8) is 0 Å². The molecule has 0 bridgehead atoms. The Morgan fingerprint density at radius 1 is 1.16 bits per heavy atom. The number of urea groups is 1. The normalized spacial score (nSPS) is 13.7. The van der Waals surface area contributed by atoms with E-state index in [0.29, 0.717) is 6.54 Å². The van der Waals surface area contributed by atoms with Gasteiger partial charge < -0.3 is 15.3 Å². The van der Waals surface area contributed by atoms with E-state index in [1.807, 2.05) is 25.9 Å². The first kappa shape index (κ1) is 17.4. The van der Waals surface area contributed by atoms with Crippen molar-refractivity contribution in [2.24, 2.45) is 5.92 Å². The number of carbonyl (C=O) groups is 3. The number of nitrogens with zero attached hydrogens (tertiary/aromatic N) is 1. The first-order valence-electron chi connectivity index (χ1n) is 6.17. The van der Waals surface area contributed by atoms with E-state index in [2.05, 4.69) is 10.6 Å². The SMILES string of the molecule is CC(CC(=O)O)CC(=O)NC(=O)NC(C)CN(C)C. The lowest BCUT2D eigenvalue weighted by atomic mass is 10.0. The molecule has 3 N–H and O–H groups in total. The zero-order valence-corrected chi connectivity index (χ0v) is 11.9. The third-order valence-electron chi connectivity index (χ3n) is 2.33. The molecule has 0 spiro atoms. The van der Waals surface area contributed by atoms with Gasteiger partial charge in [-0.05, 0) is 26.9 Å². The molecule has 0 saturated heterocycles. The molecule has 7 heteroatoms. The van der Waals surface area contributed by atoms with Crippen LogP contribution in [0.4, 0.5) is 4.79 Å². The molecule has 0 aromatic carbocycles. The van der Waals surface area contributed by atoms with Crippen LogP contribution in [0, 0.1) is 5.92 Å². The summed E-state index contributed by atoms with van der Waals surface area (Å²) in [5.74, 6) is -1.72. The highest BCUT2D eigenvalue weighted by atomic mass is 16.4. The van der Waals surface area contributed by atoms with Gasteiger partial charge in [0.25, 0.3) is 0 Å². The summed E-state index contributed by atoms with van der Waals surface area (Å²) in [6.45, 7) is 4.15. The van der Waals surface area contributed by atoms with Gasteiger partial charge in [0.2, 0.25) is 5.91 Å². The first-order chi connectivity index (χ1) is 8.70. The number of aliphatic carboxylic acids is 1. The molecular weight excluding hydrogens is 250 g/mol. The zero-order valence-electron chi connectivity index (χ0n) is 11.9. The number of rotatable bonds is 7. The van der Waals surface area contributed by atoms with Gasteiger partial charge >= 0.3 is 12.0 Å². The van der Waals surface area contributed by atoms with Crippen LogP contribution in [0.2, 0.25) is 0 Å². The molecule has 110 valence electrons. The fourth-order valence-electron chi connectivity index (χ4n) is 1.72. The van der Waals surface area contributed by atoms with Gasteiger partial charge in [0.15, 0.2) is 0 Å². The molecule has 2 unspecified atom stereocenters. The third kappa shape index (κ3) is 10.0. The molecule has 0 radical (unpaired) electrons. The number of likely N-dealkylation sites (N-methyl/N-ethyl adjacent to an activating group) is 1. The number of carboxylic acids is 1. The number of hydrogen-bond acceptors (Lipinski definition) is 4. The predicted octanol–water partition coefficient (Wildman–Crippen LogP) is 0.263. The summed E-state index contributed by atoms with van der Waals surface area (Å²) in [6, 6.07) is -0.638. The van der Waals surface area contributed by atoms with Gasteiger partial charge in [0, 0.05) is 25.4 Å². The Bertz CT molecular complexity index is 331. The lowest BCUT2D eigenvalue weighted by Gasteiger charge is -2.18. The minimum absolute atomic E-state index is 0.0157. The third-order valence-corrected chi connectivity index (χ3v) is 2.33. The molecule has 7 nitrogen and oxygen atoms in total. The average Bonchev–Trinajstić information content (AvgIpc) is 2.12. The van der Waals surface area contributed by atoms with Crippen molar-refractivity contribution in [2.45, 2.75) is 32.7 Å². The van der Waals surface area contributed by atoms with Gasteiger partial charge in [-0.1, -0.05) is 6.92 Å². The maximum atomic E-state index is 11.5. The van der Waals surface area contributed by atoms with Crippen molar-refractivity contribution < 1.29 is 19.5 Å². The molecule has 2 atom stereocenters. The summed E-state index contributed by atoms with van der Waals surface area (Å²) in [7, 11) is 3.77. The quantitative estimate of drug-likeness (QED) is 0.618. The highest BCUT2D eigenvalue weighted by molar-refractivity contribution is 5.94. The van der Waals surface area contributed by atoms with E-state index < -0.39 is 17.9 Å². The molecule has 3 amide bonds. The van der Waals surface area contributed by atoms with E-state index in [-0.39, 0.29) is 24.8 Å². The number of carbonyl (C=O) groups excluding carboxylic acids is 2. The van der Waals surface area contributed by atoms with Crippen LogP contribution in [0.5, 0.6) is 0 Å². The number of carboxylic acid groups (broad SMARTS) is 1. The molecule has 0 aromatic rings. The van der Waals surface area contributed by atoms with Crippen molar-refractivity contribution in [3.8, 4) is 0 Å². The summed E-state index contributed by atoms with van der Waals surface area (Å²) in [6.07, 6.45) is -0.0755. The van der Waals surface area contributed by atoms with Crippen molar-refractivity contribution in [3.05, 3.63) is 0 Å². The Labute approximate surface area is 113 Å². The Hall–Kier alpha value is -1.63. The van der Waals surface area contributed by atoms with Gasteiger partial charge in [-0.25, -0.2) is 4.79 Å². The first-order valence-corrected chi connectivity index (χ1v) is 6.17. The molecule has 0 saturated carbocycles. The van der Waals surface area contributed by atoms with Gasteiger partial charge in [-0.2, -0.15) is 0 Å². The lowest BCUT2D eigenvalue weighted by molar-refractivity contribution is -0.138. The van der Waals surface area contributed by atoms with E-state index in [1.54, 1.807) is 6.92 Å². The highest BCUT2D eigenvalue weighted by Gasteiger charge is 2.15. The molecule has 0 rings (SSSR count). The van der Waals surface area contributed by atoms with Crippen LogP contribution < -0.4 is 10.6 Å². The van der Waals surface area contributed by atoms with Crippen LogP contribution >= 0.6 is 0 Å². The van der Waals surface area contributed by atoms with Gasteiger partial charge in [0.1, 0.15) is 0 Å². The highest BCUT2D eigenvalue weighted by Crippen LogP contribution is 2.06. The van der Waals surface area contributed by atoms with Crippen molar-refractivity contribution in [1.29, 1.82) is 0 Å². The lowest BCUT2D eigenvalue weighted by Crippen LogP contribution is -2.46. The second-order valence-corrected chi connectivity index (χ2v) is 5.09. The number of amides is 3. The van der Waals surface area contributed by atoms with Crippen LogP contribution in [0.3, 0.4) is 0 Å². The van der Waals surface area contributed by atoms with E-state index in [0.717, 1.165) is 0 Å². The van der Waals surface area contributed by atoms with Crippen LogP contribution in [-0.2, 0) is 9.59 Å². The summed E-state index contributed by atoms with van der Waals surface area (Å²) in [5.41, 5.74) is 0. The van der Waals surface area contributed by atoms with Crippen molar-refractivity contribution in [1.82, 2.24) is 15.5 Å². The van der Waals surface area contributed by atoms with Gasteiger partial charge in [-0.15, -0.1) is 0 Å². The molecule has 0 aliphatic heterocycles. The monoisotopic (exact) mass is 273 g/mol. The minimum atomic E-state index is -0.954. The predicted molar refractivity (Wildman–Crippen MR) is 70.7 cm³/mol. The van der Waals surface area contributed by atoms with Crippen molar-refractivity contribution in [2.75, 3.05) is 20.6 Å². The maximum absolute atomic E-state index is 11.5. The zero-order chi connectivity index (χ0) is 15.0. The molecule has 0 fully saturated rings.